The molecule has 0 fully saturated rings. The zero-order chi connectivity index (χ0) is 22.7. The number of hydrogen-bond donors (Lipinski definition) is 0. The fourth-order valence-electron chi connectivity index (χ4n) is 3.78. The summed E-state index contributed by atoms with van der Waals surface area (Å²) in [4.78, 5) is 13.1. The Morgan fingerprint density at radius 2 is 1.91 bits per heavy atom. The van der Waals surface area contributed by atoms with Gasteiger partial charge in [-0.05, 0) is 45.0 Å². The number of para-hydroxylation sites is 1. The second-order valence-electron chi connectivity index (χ2n) is 7.51. The van der Waals surface area contributed by atoms with Crippen molar-refractivity contribution in [3.8, 4) is 17.1 Å². The van der Waals surface area contributed by atoms with Crippen molar-refractivity contribution in [1.82, 2.24) is 19.3 Å². The van der Waals surface area contributed by atoms with Crippen molar-refractivity contribution in [2.24, 2.45) is 0 Å². The maximum atomic E-state index is 13.1. The highest BCUT2D eigenvalue weighted by atomic mass is 32.2. The average Bonchev–Trinajstić information content (AvgIpc) is 3.48. The summed E-state index contributed by atoms with van der Waals surface area (Å²) < 4.78 is 14.8. The minimum Gasteiger partial charge on any atom is -0.469 e. The highest BCUT2D eigenvalue weighted by molar-refractivity contribution is 7.99. The first-order valence-electron chi connectivity index (χ1n) is 10.4. The molecule has 0 atom stereocenters. The van der Waals surface area contributed by atoms with E-state index >= 15 is 0 Å². The molecule has 0 aliphatic carbocycles. The van der Waals surface area contributed by atoms with Crippen LogP contribution in [-0.2, 0) is 11.3 Å². The van der Waals surface area contributed by atoms with Gasteiger partial charge in [-0.25, -0.2) is 0 Å². The topological polar surface area (TPSA) is 75.1 Å². The van der Waals surface area contributed by atoms with E-state index in [0.29, 0.717) is 17.6 Å². The van der Waals surface area contributed by atoms with Gasteiger partial charge in [0.15, 0.2) is 16.8 Å². The second kappa shape index (κ2) is 9.58. The van der Waals surface area contributed by atoms with Crippen LogP contribution in [0.5, 0.6) is 0 Å². The molecule has 7 nitrogen and oxygen atoms in total. The Bertz CT molecular complexity index is 1220. The number of Topliss-reactive ketones (excluding diaryl/α,β-unsaturated/α-hetero) is 1. The molecule has 0 saturated carbocycles. The lowest BCUT2D eigenvalue weighted by Crippen LogP contribution is -2.10. The van der Waals surface area contributed by atoms with Crippen molar-refractivity contribution >= 4 is 17.5 Å². The SMILES string of the molecule is COCCn1c(C)cc(C(=O)CSc2nnc(-c3ccoc3C)n2-c2ccccc2)c1C. The van der Waals surface area contributed by atoms with Crippen molar-refractivity contribution in [1.29, 1.82) is 0 Å². The van der Waals surface area contributed by atoms with Crippen molar-refractivity contribution in [3.63, 3.8) is 0 Å². The third-order valence-electron chi connectivity index (χ3n) is 5.47. The molecule has 166 valence electrons. The number of rotatable bonds is 9. The standard InChI is InChI=1S/C24H26N4O3S/c1-16-14-21(17(2)27(16)11-13-30-4)22(29)15-32-24-26-25-23(20-10-12-31-18(20)3)28(24)19-8-6-5-7-9-19/h5-10,12,14H,11,13,15H2,1-4H3. The Morgan fingerprint density at radius 3 is 2.59 bits per heavy atom. The van der Waals surface area contributed by atoms with Gasteiger partial charge in [0.25, 0.3) is 0 Å². The van der Waals surface area contributed by atoms with Gasteiger partial charge in [0.2, 0.25) is 0 Å². The molecule has 0 amide bonds. The first-order chi connectivity index (χ1) is 15.5. The third-order valence-corrected chi connectivity index (χ3v) is 6.40. The molecule has 0 N–H and O–H groups in total. The van der Waals surface area contributed by atoms with E-state index in [1.54, 1.807) is 13.4 Å². The summed E-state index contributed by atoms with van der Waals surface area (Å²) in [5.41, 5.74) is 4.56. The van der Waals surface area contributed by atoms with E-state index in [4.69, 9.17) is 9.15 Å². The van der Waals surface area contributed by atoms with Crippen LogP contribution < -0.4 is 0 Å². The van der Waals surface area contributed by atoms with Crippen molar-refractivity contribution < 1.29 is 13.9 Å². The van der Waals surface area contributed by atoms with Gasteiger partial charge in [-0.3, -0.25) is 9.36 Å². The van der Waals surface area contributed by atoms with E-state index in [9.17, 15) is 4.79 Å². The van der Waals surface area contributed by atoms with Gasteiger partial charge in [0.05, 0.1) is 24.2 Å². The number of aryl methyl sites for hydroxylation is 2. The summed E-state index contributed by atoms with van der Waals surface area (Å²) in [5, 5.41) is 9.48. The minimum absolute atomic E-state index is 0.0652. The normalized spacial score (nSPS) is 11.2. The Hall–Kier alpha value is -3.10. The number of carbonyl (C=O) groups excluding carboxylic acids is 1. The zero-order valence-electron chi connectivity index (χ0n) is 18.7. The highest BCUT2D eigenvalue weighted by Gasteiger charge is 2.21. The number of aromatic nitrogens is 4. The van der Waals surface area contributed by atoms with Crippen LogP contribution >= 0.6 is 11.8 Å². The van der Waals surface area contributed by atoms with Crippen LogP contribution in [0.4, 0.5) is 0 Å². The zero-order valence-corrected chi connectivity index (χ0v) is 19.5. The summed E-state index contributed by atoms with van der Waals surface area (Å²) in [6, 6.07) is 13.7. The highest BCUT2D eigenvalue weighted by Crippen LogP contribution is 2.30. The molecule has 0 aliphatic rings. The van der Waals surface area contributed by atoms with Crippen molar-refractivity contribution in [3.05, 3.63) is 71.4 Å². The predicted molar refractivity (Wildman–Crippen MR) is 125 cm³/mol. The van der Waals surface area contributed by atoms with Crippen molar-refractivity contribution in [2.75, 3.05) is 19.5 Å². The average molecular weight is 451 g/mol. The molecule has 32 heavy (non-hydrogen) atoms. The quantitative estimate of drug-likeness (QED) is 0.267. The summed E-state index contributed by atoms with van der Waals surface area (Å²) in [6.07, 6.45) is 1.64. The molecule has 1 aromatic carbocycles. The number of ketones is 1. The van der Waals surface area contributed by atoms with Gasteiger partial charge in [0, 0.05) is 36.3 Å². The van der Waals surface area contributed by atoms with E-state index in [0.717, 1.165) is 40.5 Å². The molecule has 0 spiro atoms. The molecule has 3 heterocycles. The van der Waals surface area contributed by atoms with Crippen LogP contribution in [0.1, 0.15) is 27.5 Å². The smallest absolute Gasteiger partial charge is 0.196 e. The molecular formula is C24H26N4O3S. The summed E-state index contributed by atoms with van der Waals surface area (Å²) in [6.45, 7) is 7.22. The molecular weight excluding hydrogens is 424 g/mol. The van der Waals surface area contributed by atoms with E-state index in [1.165, 1.54) is 11.8 Å². The lowest BCUT2D eigenvalue weighted by molar-refractivity contribution is 0.102. The van der Waals surface area contributed by atoms with Gasteiger partial charge in [0.1, 0.15) is 5.76 Å². The minimum atomic E-state index is 0.0652. The Labute approximate surface area is 191 Å². The predicted octanol–water partition coefficient (Wildman–Crippen LogP) is 4.88. The summed E-state index contributed by atoms with van der Waals surface area (Å²) >= 11 is 1.39. The second-order valence-corrected chi connectivity index (χ2v) is 8.45. The van der Waals surface area contributed by atoms with E-state index in [2.05, 4.69) is 14.8 Å². The number of methoxy groups -OCH3 is 1. The number of furan rings is 1. The Kier molecular flexibility index (Phi) is 6.62. The van der Waals surface area contributed by atoms with Gasteiger partial charge in [-0.15, -0.1) is 10.2 Å². The number of hydrogen-bond acceptors (Lipinski definition) is 6. The number of ether oxygens (including phenoxy) is 1. The first kappa shape index (κ1) is 22.1. The number of carbonyl (C=O) groups is 1. The Balaban J connectivity index is 1.61. The maximum Gasteiger partial charge on any atom is 0.196 e. The van der Waals surface area contributed by atoms with Crippen LogP contribution in [0.3, 0.4) is 0 Å². The number of benzene rings is 1. The van der Waals surface area contributed by atoms with Gasteiger partial charge in [-0.2, -0.15) is 0 Å². The van der Waals surface area contributed by atoms with E-state index in [1.807, 2.05) is 67.8 Å². The lowest BCUT2D eigenvalue weighted by Gasteiger charge is -2.10. The molecule has 3 aromatic heterocycles. The third kappa shape index (κ3) is 4.28. The lowest BCUT2D eigenvalue weighted by atomic mass is 10.2. The molecule has 0 unspecified atom stereocenters. The number of thioether (sulfide) groups is 1. The van der Waals surface area contributed by atoms with Crippen LogP contribution in [0.25, 0.3) is 17.1 Å². The van der Waals surface area contributed by atoms with Gasteiger partial charge in [-0.1, -0.05) is 30.0 Å². The Morgan fingerprint density at radius 1 is 1.12 bits per heavy atom. The fraction of sp³-hybridized carbons (Fsp3) is 0.292. The van der Waals surface area contributed by atoms with E-state index < -0.39 is 0 Å². The van der Waals surface area contributed by atoms with Crippen LogP contribution in [0.2, 0.25) is 0 Å². The summed E-state index contributed by atoms with van der Waals surface area (Å²) in [5.74, 6) is 1.79. The van der Waals surface area contributed by atoms with Crippen LogP contribution in [0, 0.1) is 20.8 Å². The monoisotopic (exact) mass is 450 g/mol. The molecule has 0 saturated heterocycles. The van der Waals surface area contributed by atoms with Gasteiger partial charge >= 0.3 is 0 Å². The largest absolute Gasteiger partial charge is 0.469 e. The van der Waals surface area contributed by atoms with Gasteiger partial charge < -0.3 is 13.7 Å². The fourth-order valence-corrected chi connectivity index (χ4v) is 4.62. The summed E-state index contributed by atoms with van der Waals surface area (Å²) in [7, 11) is 1.68. The molecule has 8 heteroatoms. The molecule has 4 rings (SSSR count). The molecule has 0 bridgehead atoms. The molecule has 4 aromatic rings. The van der Waals surface area contributed by atoms with Crippen molar-refractivity contribution in [2.45, 2.75) is 32.5 Å². The first-order valence-corrected chi connectivity index (χ1v) is 11.4. The van der Waals surface area contributed by atoms with Crippen LogP contribution in [0.15, 0.2) is 58.3 Å². The number of nitrogens with zero attached hydrogens (tertiary/aromatic N) is 4. The van der Waals surface area contributed by atoms with Crippen LogP contribution in [-0.4, -0.2) is 44.6 Å². The van der Waals surface area contributed by atoms with E-state index in [-0.39, 0.29) is 11.5 Å². The molecule has 0 aliphatic heterocycles. The molecule has 0 radical (unpaired) electrons. The maximum absolute atomic E-state index is 13.1.